The highest BCUT2D eigenvalue weighted by Crippen LogP contribution is 2.30. The molecule has 0 aromatic heterocycles. The number of anilines is 1. The molecule has 0 fully saturated rings. The van der Waals surface area contributed by atoms with E-state index in [-0.39, 0.29) is 0 Å². The number of rotatable bonds is 4. The van der Waals surface area contributed by atoms with Gasteiger partial charge in [0.1, 0.15) is 5.75 Å². The minimum atomic E-state index is -0.750. The van der Waals surface area contributed by atoms with Crippen molar-refractivity contribution in [3.8, 4) is 5.75 Å². The van der Waals surface area contributed by atoms with Crippen molar-refractivity contribution in [2.45, 2.75) is 12.5 Å². The minimum Gasteiger partial charge on any atom is -0.496 e. The number of ether oxygens (including phenoxy) is 1. The number of nitrogens with two attached hydrogens (primary N) is 1. The fourth-order valence-corrected chi connectivity index (χ4v) is 2.45. The predicted molar refractivity (Wildman–Crippen MR) is 82.5 cm³/mol. The Kier molecular flexibility index (Phi) is 4.76. The highest BCUT2D eigenvalue weighted by molar-refractivity contribution is 6.31. The Morgan fingerprint density at radius 3 is 2.45 bits per heavy atom. The molecule has 0 amide bonds. The molecule has 0 aliphatic rings. The van der Waals surface area contributed by atoms with Gasteiger partial charge in [-0.15, -0.1) is 0 Å². The number of halogens is 2. The molecule has 106 valence electrons. The molecule has 2 aromatic rings. The highest BCUT2D eigenvalue weighted by Gasteiger charge is 2.15. The van der Waals surface area contributed by atoms with Crippen LogP contribution in [0.5, 0.6) is 5.75 Å². The Morgan fingerprint density at radius 2 is 1.80 bits per heavy atom. The maximum absolute atomic E-state index is 10.3. The van der Waals surface area contributed by atoms with Gasteiger partial charge in [0.25, 0.3) is 0 Å². The molecule has 0 aliphatic carbocycles. The van der Waals surface area contributed by atoms with E-state index in [1.807, 2.05) is 0 Å². The fraction of sp³-hybridized carbons (Fsp3) is 0.200. The van der Waals surface area contributed by atoms with Gasteiger partial charge in [-0.25, -0.2) is 0 Å². The molecular formula is C15H15Cl2NO2. The summed E-state index contributed by atoms with van der Waals surface area (Å²) >= 11 is 11.8. The molecule has 0 saturated heterocycles. The molecule has 2 aromatic carbocycles. The molecule has 0 radical (unpaired) electrons. The van der Waals surface area contributed by atoms with Crippen LogP contribution < -0.4 is 10.5 Å². The van der Waals surface area contributed by atoms with Crippen LogP contribution in [0.15, 0.2) is 36.4 Å². The van der Waals surface area contributed by atoms with E-state index in [9.17, 15) is 5.11 Å². The third kappa shape index (κ3) is 3.37. The van der Waals surface area contributed by atoms with Crippen LogP contribution in [0.2, 0.25) is 10.0 Å². The Labute approximate surface area is 127 Å². The van der Waals surface area contributed by atoms with Gasteiger partial charge in [0.2, 0.25) is 0 Å². The summed E-state index contributed by atoms with van der Waals surface area (Å²) in [5.74, 6) is 0.681. The van der Waals surface area contributed by atoms with E-state index in [0.29, 0.717) is 33.5 Å². The molecule has 1 unspecified atom stereocenters. The van der Waals surface area contributed by atoms with Crippen molar-refractivity contribution < 1.29 is 9.84 Å². The number of aliphatic hydroxyl groups excluding tert-OH is 1. The van der Waals surface area contributed by atoms with Crippen LogP contribution >= 0.6 is 23.2 Å². The van der Waals surface area contributed by atoms with Gasteiger partial charge in [-0.2, -0.15) is 0 Å². The summed E-state index contributed by atoms with van der Waals surface area (Å²) in [6.07, 6.45) is -0.394. The Balaban J connectivity index is 2.27. The lowest BCUT2D eigenvalue weighted by molar-refractivity contribution is 0.178. The van der Waals surface area contributed by atoms with Crippen LogP contribution in [-0.4, -0.2) is 12.2 Å². The van der Waals surface area contributed by atoms with E-state index in [0.717, 1.165) is 5.56 Å². The number of benzene rings is 2. The standard InChI is InChI=1S/C15H15Cl2NO2/c1-20-15-5-3-10(16)6-9(15)7-14(19)12-4-2-11(17)8-13(12)18/h2-6,8,14,19H,7,18H2,1H3. The van der Waals surface area contributed by atoms with Gasteiger partial charge in [-0.1, -0.05) is 29.3 Å². The largest absolute Gasteiger partial charge is 0.496 e. The zero-order valence-electron chi connectivity index (χ0n) is 10.9. The molecule has 0 aliphatic heterocycles. The van der Waals surface area contributed by atoms with Gasteiger partial charge in [-0.05, 0) is 35.9 Å². The third-order valence-corrected chi connectivity index (χ3v) is 3.53. The van der Waals surface area contributed by atoms with Crippen molar-refractivity contribution in [1.29, 1.82) is 0 Å². The van der Waals surface area contributed by atoms with Crippen LogP contribution in [0.3, 0.4) is 0 Å². The summed E-state index contributed by atoms with van der Waals surface area (Å²) in [4.78, 5) is 0. The monoisotopic (exact) mass is 311 g/mol. The van der Waals surface area contributed by atoms with Gasteiger partial charge >= 0.3 is 0 Å². The molecule has 3 N–H and O–H groups in total. The number of methoxy groups -OCH3 is 1. The topological polar surface area (TPSA) is 55.5 Å². The van der Waals surface area contributed by atoms with Gasteiger partial charge in [0, 0.05) is 27.7 Å². The Bertz CT molecular complexity index is 617. The van der Waals surface area contributed by atoms with Gasteiger partial charge < -0.3 is 15.6 Å². The average Bonchev–Trinajstić information content (AvgIpc) is 2.38. The molecule has 5 heteroatoms. The highest BCUT2D eigenvalue weighted by atomic mass is 35.5. The molecule has 1 atom stereocenters. The Morgan fingerprint density at radius 1 is 1.15 bits per heavy atom. The first-order chi connectivity index (χ1) is 9.51. The first-order valence-corrected chi connectivity index (χ1v) is 6.82. The summed E-state index contributed by atoms with van der Waals surface area (Å²) in [5.41, 5.74) is 7.80. The number of hydrogen-bond acceptors (Lipinski definition) is 3. The molecule has 2 rings (SSSR count). The van der Waals surface area contributed by atoms with Crippen molar-refractivity contribution in [2.24, 2.45) is 0 Å². The zero-order chi connectivity index (χ0) is 14.7. The van der Waals surface area contributed by atoms with E-state index in [1.165, 1.54) is 0 Å². The first kappa shape index (κ1) is 15.0. The number of aliphatic hydroxyl groups is 1. The molecule has 0 bridgehead atoms. The summed E-state index contributed by atoms with van der Waals surface area (Å²) in [6, 6.07) is 10.3. The normalized spacial score (nSPS) is 12.2. The molecular weight excluding hydrogens is 297 g/mol. The molecule has 0 saturated carbocycles. The molecule has 0 heterocycles. The van der Waals surface area contributed by atoms with Crippen LogP contribution in [-0.2, 0) is 6.42 Å². The van der Waals surface area contributed by atoms with E-state index in [4.69, 9.17) is 33.7 Å². The van der Waals surface area contributed by atoms with Gasteiger partial charge in [-0.3, -0.25) is 0 Å². The molecule has 3 nitrogen and oxygen atoms in total. The second-order valence-electron chi connectivity index (χ2n) is 4.45. The summed E-state index contributed by atoms with van der Waals surface area (Å²) in [7, 11) is 1.58. The van der Waals surface area contributed by atoms with E-state index < -0.39 is 6.10 Å². The number of nitrogen functional groups attached to an aromatic ring is 1. The second kappa shape index (κ2) is 6.35. The van der Waals surface area contributed by atoms with Crippen LogP contribution in [0.1, 0.15) is 17.2 Å². The Hall–Kier alpha value is -1.42. The quantitative estimate of drug-likeness (QED) is 0.843. The average molecular weight is 312 g/mol. The maximum Gasteiger partial charge on any atom is 0.122 e. The third-order valence-electron chi connectivity index (χ3n) is 3.06. The number of hydrogen-bond donors (Lipinski definition) is 2. The van der Waals surface area contributed by atoms with Crippen molar-refractivity contribution in [2.75, 3.05) is 12.8 Å². The molecule has 0 spiro atoms. The lowest BCUT2D eigenvalue weighted by Gasteiger charge is -2.16. The minimum absolute atomic E-state index is 0.357. The lowest BCUT2D eigenvalue weighted by Crippen LogP contribution is -2.06. The van der Waals surface area contributed by atoms with E-state index in [1.54, 1.807) is 43.5 Å². The van der Waals surface area contributed by atoms with E-state index >= 15 is 0 Å². The summed E-state index contributed by atoms with van der Waals surface area (Å²) in [6.45, 7) is 0. The van der Waals surface area contributed by atoms with Gasteiger partial charge in [0.15, 0.2) is 0 Å². The molecule has 20 heavy (non-hydrogen) atoms. The SMILES string of the molecule is COc1ccc(Cl)cc1CC(O)c1ccc(Cl)cc1N. The van der Waals surface area contributed by atoms with Crippen molar-refractivity contribution in [3.63, 3.8) is 0 Å². The van der Waals surface area contributed by atoms with Crippen molar-refractivity contribution in [3.05, 3.63) is 57.6 Å². The lowest BCUT2D eigenvalue weighted by atomic mass is 9.99. The zero-order valence-corrected chi connectivity index (χ0v) is 12.4. The van der Waals surface area contributed by atoms with Crippen molar-refractivity contribution >= 4 is 28.9 Å². The second-order valence-corrected chi connectivity index (χ2v) is 5.32. The maximum atomic E-state index is 10.3. The van der Waals surface area contributed by atoms with Gasteiger partial charge in [0.05, 0.1) is 13.2 Å². The van der Waals surface area contributed by atoms with Crippen LogP contribution in [0, 0.1) is 0 Å². The fourth-order valence-electron chi connectivity index (χ4n) is 2.07. The van der Waals surface area contributed by atoms with Crippen LogP contribution in [0.25, 0.3) is 0 Å². The summed E-state index contributed by atoms with van der Waals surface area (Å²) < 4.78 is 5.26. The summed E-state index contributed by atoms with van der Waals surface area (Å²) in [5, 5.41) is 11.5. The van der Waals surface area contributed by atoms with Crippen LogP contribution in [0.4, 0.5) is 5.69 Å². The van der Waals surface area contributed by atoms with Crippen molar-refractivity contribution in [1.82, 2.24) is 0 Å². The predicted octanol–water partition coefficient (Wildman–Crippen LogP) is 3.86. The first-order valence-electron chi connectivity index (χ1n) is 6.06. The smallest absolute Gasteiger partial charge is 0.122 e. The van der Waals surface area contributed by atoms with E-state index in [2.05, 4.69) is 0 Å².